The summed E-state index contributed by atoms with van der Waals surface area (Å²) in [6, 6.07) is 4.29. The van der Waals surface area contributed by atoms with Gasteiger partial charge in [0.25, 0.3) is 0 Å². The van der Waals surface area contributed by atoms with Gasteiger partial charge in [0.2, 0.25) is 10.0 Å². The minimum atomic E-state index is -3.68. The molecule has 0 aliphatic rings. The van der Waals surface area contributed by atoms with E-state index in [2.05, 4.69) is 14.9 Å². The molecule has 1 heterocycles. The molecule has 0 unspecified atom stereocenters. The van der Waals surface area contributed by atoms with Crippen LogP contribution in [0.25, 0.3) is 0 Å². The largest absolute Gasteiger partial charge is 0.495 e. The Morgan fingerprint density at radius 1 is 1.43 bits per heavy atom. The predicted octanol–water partition coefficient (Wildman–Crippen LogP) is 0.367. The number of benzene rings is 1. The van der Waals surface area contributed by atoms with Crippen molar-refractivity contribution in [2.24, 2.45) is 0 Å². The van der Waals surface area contributed by atoms with Gasteiger partial charge in [0.05, 0.1) is 24.2 Å². The first-order valence-corrected chi connectivity index (χ1v) is 7.76. The molecular formula is C12H17N5O3S. The molecule has 0 spiro atoms. The minimum Gasteiger partial charge on any atom is -0.495 e. The van der Waals surface area contributed by atoms with Crippen molar-refractivity contribution >= 4 is 15.7 Å². The monoisotopic (exact) mass is 311 g/mol. The van der Waals surface area contributed by atoms with E-state index in [1.807, 2.05) is 6.92 Å². The average Bonchev–Trinajstić information content (AvgIpc) is 2.93. The van der Waals surface area contributed by atoms with Crippen LogP contribution in [0.1, 0.15) is 12.7 Å². The topological polar surface area (TPSA) is 112 Å². The van der Waals surface area contributed by atoms with Gasteiger partial charge in [-0.05, 0) is 19.1 Å². The highest BCUT2D eigenvalue weighted by Gasteiger charge is 2.17. The summed E-state index contributed by atoms with van der Waals surface area (Å²) in [7, 11) is -2.25. The number of sulfonamides is 1. The van der Waals surface area contributed by atoms with Crippen LogP contribution in [0.5, 0.6) is 5.75 Å². The average molecular weight is 311 g/mol. The summed E-state index contributed by atoms with van der Waals surface area (Å²) < 4.78 is 33.7. The van der Waals surface area contributed by atoms with Crippen molar-refractivity contribution < 1.29 is 13.2 Å². The lowest BCUT2D eigenvalue weighted by Gasteiger charge is -2.10. The van der Waals surface area contributed by atoms with Crippen LogP contribution in [0.15, 0.2) is 29.4 Å². The van der Waals surface area contributed by atoms with E-state index in [-0.39, 0.29) is 11.4 Å². The second-order valence-corrected chi connectivity index (χ2v) is 6.03. The van der Waals surface area contributed by atoms with Gasteiger partial charge in [-0.1, -0.05) is 0 Å². The van der Waals surface area contributed by atoms with Gasteiger partial charge in [-0.2, -0.15) is 0 Å². The number of nitrogens with zero attached hydrogens (tertiary/aromatic N) is 3. The Hall–Kier alpha value is -2.13. The maximum absolute atomic E-state index is 12.2. The molecule has 0 aliphatic heterocycles. The number of nitrogen functional groups attached to an aromatic ring is 1. The molecule has 0 atom stereocenters. The van der Waals surface area contributed by atoms with E-state index in [0.717, 1.165) is 0 Å². The summed E-state index contributed by atoms with van der Waals surface area (Å²) >= 11 is 0. The first-order valence-electron chi connectivity index (χ1n) is 6.27. The number of nitrogens with one attached hydrogen (secondary N) is 1. The van der Waals surface area contributed by atoms with Crippen molar-refractivity contribution in [1.82, 2.24) is 19.5 Å². The molecule has 0 amide bonds. The highest BCUT2D eigenvalue weighted by Crippen LogP contribution is 2.24. The zero-order chi connectivity index (χ0) is 15.5. The molecule has 3 N–H and O–H groups in total. The number of methoxy groups -OCH3 is 1. The zero-order valence-corrected chi connectivity index (χ0v) is 12.6. The van der Waals surface area contributed by atoms with Gasteiger partial charge in [-0.15, -0.1) is 10.2 Å². The first kappa shape index (κ1) is 15.3. The Bertz CT molecular complexity index is 726. The smallest absolute Gasteiger partial charge is 0.241 e. The third-order valence-electron chi connectivity index (χ3n) is 2.97. The molecule has 0 aliphatic carbocycles. The van der Waals surface area contributed by atoms with Gasteiger partial charge in [-0.3, -0.25) is 0 Å². The van der Waals surface area contributed by atoms with Crippen molar-refractivity contribution in [3.05, 3.63) is 30.4 Å². The molecule has 9 heteroatoms. The van der Waals surface area contributed by atoms with Crippen LogP contribution in [0.3, 0.4) is 0 Å². The lowest BCUT2D eigenvalue weighted by atomic mass is 10.3. The van der Waals surface area contributed by atoms with Crippen molar-refractivity contribution in [1.29, 1.82) is 0 Å². The second kappa shape index (κ2) is 6.10. The highest BCUT2D eigenvalue weighted by atomic mass is 32.2. The van der Waals surface area contributed by atoms with Crippen molar-refractivity contribution in [2.45, 2.75) is 24.9 Å². The third-order valence-corrected chi connectivity index (χ3v) is 4.37. The Morgan fingerprint density at radius 3 is 2.86 bits per heavy atom. The van der Waals surface area contributed by atoms with Crippen LogP contribution in [0.4, 0.5) is 5.69 Å². The molecule has 0 saturated heterocycles. The molecule has 2 aromatic rings. The Balaban J connectivity index is 2.19. The summed E-state index contributed by atoms with van der Waals surface area (Å²) in [5.41, 5.74) is 6.05. The molecule has 0 radical (unpaired) electrons. The summed E-state index contributed by atoms with van der Waals surface area (Å²) in [5, 5.41) is 7.62. The van der Waals surface area contributed by atoms with E-state index in [1.54, 1.807) is 10.9 Å². The molecule has 1 aromatic heterocycles. The molecule has 114 valence electrons. The van der Waals surface area contributed by atoms with Crippen LogP contribution >= 0.6 is 0 Å². The Morgan fingerprint density at radius 2 is 2.19 bits per heavy atom. The number of aryl methyl sites for hydroxylation is 1. The SMILES string of the molecule is CCn1cnnc1CNS(=O)(=O)c1ccc(N)c(OC)c1. The molecule has 21 heavy (non-hydrogen) atoms. The summed E-state index contributed by atoms with van der Waals surface area (Å²) in [4.78, 5) is 0.0797. The number of ether oxygens (including phenoxy) is 1. The van der Waals surface area contributed by atoms with Crippen LogP contribution in [0.2, 0.25) is 0 Å². The van der Waals surface area contributed by atoms with Gasteiger partial charge in [0.15, 0.2) is 0 Å². The standard InChI is InChI=1S/C12H17N5O3S/c1-3-17-8-14-16-12(17)7-15-21(18,19)9-4-5-10(13)11(6-9)20-2/h4-6,8,15H,3,7,13H2,1-2H3. The van der Waals surface area contributed by atoms with Gasteiger partial charge >= 0.3 is 0 Å². The molecular weight excluding hydrogens is 294 g/mol. The molecule has 0 fully saturated rings. The molecule has 0 bridgehead atoms. The highest BCUT2D eigenvalue weighted by molar-refractivity contribution is 7.89. The van der Waals surface area contributed by atoms with E-state index in [1.165, 1.54) is 25.3 Å². The normalized spacial score (nSPS) is 11.5. The summed E-state index contributed by atoms with van der Waals surface area (Å²) in [5.74, 6) is 0.859. The van der Waals surface area contributed by atoms with Gasteiger partial charge in [-0.25, -0.2) is 13.1 Å². The number of hydrogen-bond acceptors (Lipinski definition) is 6. The summed E-state index contributed by atoms with van der Waals surface area (Å²) in [6.07, 6.45) is 1.55. The number of anilines is 1. The molecule has 1 aromatic carbocycles. The fraction of sp³-hybridized carbons (Fsp3) is 0.333. The van der Waals surface area contributed by atoms with Crippen LogP contribution in [-0.4, -0.2) is 30.3 Å². The van der Waals surface area contributed by atoms with Gasteiger partial charge in [0, 0.05) is 12.6 Å². The van der Waals surface area contributed by atoms with Crippen molar-refractivity contribution in [2.75, 3.05) is 12.8 Å². The third kappa shape index (κ3) is 3.31. The Kier molecular flexibility index (Phi) is 4.43. The maximum atomic E-state index is 12.2. The van der Waals surface area contributed by atoms with E-state index >= 15 is 0 Å². The number of hydrogen-bond donors (Lipinski definition) is 2. The number of nitrogens with two attached hydrogens (primary N) is 1. The minimum absolute atomic E-state index is 0.0584. The quantitative estimate of drug-likeness (QED) is 0.745. The van der Waals surface area contributed by atoms with Gasteiger partial charge < -0.3 is 15.0 Å². The first-order chi connectivity index (χ1) is 9.97. The number of rotatable bonds is 6. The van der Waals surface area contributed by atoms with Crippen LogP contribution < -0.4 is 15.2 Å². The van der Waals surface area contributed by atoms with E-state index in [9.17, 15) is 8.42 Å². The molecule has 0 saturated carbocycles. The van der Waals surface area contributed by atoms with Crippen molar-refractivity contribution in [3.8, 4) is 5.75 Å². The maximum Gasteiger partial charge on any atom is 0.241 e. The fourth-order valence-electron chi connectivity index (χ4n) is 1.78. The molecule has 2 rings (SSSR count). The number of aromatic nitrogens is 3. The van der Waals surface area contributed by atoms with Crippen LogP contribution in [0, 0.1) is 0 Å². The lowest BCUT2D eigenvalue weighted by molar-refractivity contribution is 0.415. The fourth-order valence-corrected chi connectivity index (χ4v) is 2.78. The van der Waals surface area contributed by atoms with E-state index in [0.29, 0.717) is 23.8 Å². The van der Waals surface area contributed by atoms with E-state index in [4.69, 9.17) is 10.5 Å². The second-order valence-electron chi connectivity index (χ2n) is 4.26. The lowest BCUT2D eigenvalue weighted by Crippen LogP contribution is -2.25. The van der Waals surface area contributed by atoms with Crippen LogP contribution in [-0.2, 0) is 23.1 Å². The van der Waals surface area contributed by atoms with E-state index < -0.39 is 10.0 Å². The predicted molar refractivity (Wildman–Crippen MR) is 77.1 cm³/mol. The summed E-state index contributed by atoms with van der Waals surface area (Å²) in [6.45, 7) is 2.65. The molecule has 8 nitrogen and oxygen atoms in total. The Labute approximate surface area is 123 Å². The van der Waals surface area contributed by atoms with Crippen molar-refractivity contribution in [3.63, 3.8) is 0 Å². The zero-order valence-electron chi connectivity index (χ0n) is 11.8. The van der Waals surface area contributed by atoms with Gasteiger partial charge in [0.1, 0.15) is 17.9 Å².